The molecule has 186 valence electrons. The first kappa shape index (κ1) is 24.9. The summed E-state index contributed by atoms with van der Waals surface area (Å²) in [7, 11) is 1.74. The van der Waals surface area contributed by atoms with Gasteiger partial charge in [-0.2, -0.15) is 0 Å². The van der Waals surface area contributed by atoms with E-state index in [-0.39, 0.29) is 5.82 Å². The third-order valence-corrected chi connectivity index (χ3v) is 6.98. The van der Waals surface area contributed by atoms with Crippen molar-refractivity contribution < 1.29 is 13.9 Å². The summed E-state index contributed by atoms with van der Waals surface area (Å²) in [5.41, 5.74) is 2.46. The van der Waals surface area contributed by atoms with Crippen molar-refractivity contribution in [3.8, 4) is 11.1 Å². The van der Waals surface area contributed by atoms with Crippen molar-refractivity contribution in [2.75, 3.05) is 44.1 Å². The Labute approximate surface area is 203 Å². The van der Waals surface area contributed by atoms with E-state index in [0.717, 1.165) is 82.0 Å². The Balaban J connectivity index is 1.34. The maximum atomic E-state index is 14.7. The molecule has 2 aliphatic rings. The average molecular weight is 471 g/mol. The van der Waals surface area contributed by atoms with E-state index in [1.165, 1.54) is 6.20 Å². The van der Waals surface area contributed by atoms with Gasteiger partial charge in [0.15, 0.2) is 0 Å². The second-order valence-corrected chi connectivity index (χ2v) is 9.78. The summed E-state index contributed by atoms with van der Waals surface area (Å²) in [5, 5.41) is 10.7. The Bertz CT molecular complexity index is 898. The van der Waals surface area contributed by atoms with Crippen LogP contribution in [0, 0.1) is 11.7 Å². The zero-order valence-electron chi connectivity index (χ0n) is 20.5. The van der Waals surface area contributed by atoms with Crippen LogP contribution in [-0.2, 0) is 9.47 Å². The molecular weight excluding hydrogens is 431 g/mol. The molecule has 1 atom stereocenters. The lowest BCUT2D eigenvalue weighted by atomic mass is 9.90. The summed E-state index contributed by atoms with van der Waals surface area (Å²) < 4.78 is 25.4. The van der Waals surface area contributed by atoms with Crippen molar-refractivity contribution in [1.29, 1.82) is 0 Å². The lowest BCUT2D eigenvalue weighted by Gasteiger charge is -2.31. The molecule has 1 aromatic carbocycles. The van der Waals surface area contributed by atoms with Gasteiger partial charge in [-0.1, -0.05) is 12.1 Å². The number of hydrogen-bond acceptors (Lipinski definition) is 6. The summed E-state index contributed by atoms with van der Waals surface area (Å²) in [6.45, 7) is 5.49. The Morgan fingerprint density at radius 2 is 1.85 bits per heavy atom. The smallest absolute Gasteiger partial charge is 0.149 e. The third kappa shape index (κ3) is 7.14. The van der Waals surface area contributed by atoms with Crippen LogP contribution in [0.5, 0.6) is 0 Å². The number of nitrogens with one attached hydrogen (secondary N) is 3. The predicted molar refractivity (Wildman–Crippen MR) is 136 cm³/mol. The van der Waals surface area contributed by atoms with Gasteiger partial charge in [0.05, 0.1) is 12.8 Å². The maximum absolute atomic E-state index is 14.7. The zero-order chi connectivity index (χ0) is 23.8. The summed E-state index contributed by atoms with van der Waals surface area (Å²) in [6.07, 6.45) is 7.87. The highest BCUT2D eigenvalue weighted by molar-refractivity contribution is 5.70. The van der Waals surface area contributed by atoms with Crippen LogP contribution in [0.25, 0.3) is 11.1 Å². The van der Waals surface area contributed by atoms with Crippen LogP contribution < -0.4 is 16.0 Å². The topological polar surface area (TPSA) is 67.4 Å². The van der Waals surface area contributed by atoms with E-state index in [0.29, 0.717) is 29.6 Å². The van der Waals surface area contributed by atoms with Crippen LogP contribution in [0.1, 0.15) is 45.4 Å². The second-order valence-electron chi connectivity index (χ2n) is 9.78. The lowest BCUT2D eigenvalue weighted by Crippen LogP contribution is -2.42. The molecule has 2 fully saturated rings. The molecule has 1 saturated heterocycles. The van der Waals surface area contributed by atoms with Crippen molar-refractivity contribution in [3.63, 3.8) is 0 Å². The highest BCUT2D eigenvalue weighted by atomic mass is 19.1. The number of benzene rings is 1. The van der Waals surface area contributed by atoms with Crippen LogP contribution in [0.3, 0.4) is 0 Å². The fourth-order valence-electron chi connectivity index (χ4n) is 5.06. The Morgan fingerprint density at radius 3 is 2.62 bits per heavy atom. The first-order valence-corrected chi connectivity index (χ1v) is 12.7. The second kappa shape index (κ2) is 12.5. The number of rotatable bonds is 10. The molecule has 7 heteroatoms. The molecule has 1 aliphatic carbocycles. The molecule has 1 aromatic heterocycles. The van der Waals surface area contributed by atoms with Crippen molar-refractivity contribution in [2.24, 2.45) is 5.92 Å². The molecule has 3 N–H and O–H groups in total. The minimum absolute atomic E-state index is 0.299. The van der Waals surface area contributed by atoms with Crippen molar-refractivity contribution in [1.82, 2.24) is 10.3 Å². The number of anilines is 2. The quantitative estimate of drug-likeness (QED) is 0.450. The fraction of sp³-hybridized carbons (Fsp3) is 0.593. The van der Waals surface area contributed by atoms with E-state index in [1.54, 1.807) is 7.11 Å². The molecule has 6 nitrogen and oxygen atoms in total. The number of ether oxygens (including phenoxy) is 2. The Hall–Kier alpha value is -2.22. The molecule has 0 amide bonds. The van der Waals surface area contributed by atoms with Crippen LogP contribution >= 0.6 is 0 Å². The summed E-state index contributed by atoms with van der Waals surface area (Å²) in [5.74, 6) is 1.06. The molecule has 2 aromatic rings. The largest absolute Gasteiger partial charge is 0.385 e. The number of hydrogen-bond donors (Lipinski definition) is 3. The number of nitrogens with zero attached hydrogens (tertiary/aromatic N) is 1. The standard InChI is InChI=1S/C27H39FN4O2/c1-19(18-33-2)31-22-6-8-23(9-7-22)32-27-15-25(26(28)17-30-27)21-4-3-5-24(14-21)29-16-20-10-12-34-13-11-20/h3-5,14-15,17,19-20,22-23,29,31H,6-13,16,18H2,1-2H3,(H,30,32)/t19-,22?,23?/m0/s1. The van der Waals surface area contributed by atoms with Gasteiger partial charge in [0.25, 0.3) is 0 Å². The third-order valence-electron chi connectivity index (χ3n) is 6.98. The van der Waals surface area contributed by atoms with Gasteiger partial charge in [0.2, 0.25) is 0 Å². The van der Waals surface area contributed by atoms with E-state index in [2.05, 4.69) is 27.9 Å². The van der Waals surface area contributed by atoms with Gasteiger partial charge in [-0.3, -0.25) is 0 Å². The minimum atomic E-state index is -0.299. The number of methoxy groups -OCH3 is 1. The molecule has 1 saturated carbocycles. The van der Waals surface area contributed by atoms with Crippen molar-refractivity contribution >= 4 is 11.5 Å². The molecule has 0 bridgehead atoms. The number of pyridine rings is 1. The Morgan fingerprint density at radius 1 is 1.09 bits per heavy atom. The monoisotopic (exact) mass is 470 g/mol. The number of aromatic nitrogens is 1. The molecule has 4 rings (SSSR count). The van der Waals surface area contributed by atoms with Crippen molar-refractivity contribution in [3.05, 3.63) is 42.3 Å². The molecule has 0 unspecified atom stereocenters. The van der Waals surface area contributed by atoms with Gasteiger partial charge in [0.1, 0.15) is 11.6 Å². The van der Waals surface area contributed by atoms with Gasteiger partial charge >= 0.3 is 0 Å². The number of halogens is 1. The van der Waals surface area contributed by atoms with Crippen LogP contribution in [0.15, 0.2) is 36.5 Å². The van der Waals surface area contributed by atoms with Crippen LogP contribution in [-0.4, -0.2) is 56.6 Å². The normalized spacial score (nSPS) is 22.3. The summed E-state index contributed by atoms with van der Waals surface area (Å²) >= 11 is 0. The van der Waals surface area contributed by atoms with Gasteiger partial charge in [-0.05, 0) is 75.1 Å². The zero-order valence-corrected chi connectivity index (χ0v) is 20.5. The minimum Gasteiger partial charge on any atom is -0.385 e. The van der Waals surface area contributed by atoms with E-state index in [4.69, 9.17) is 9.47 Å². The maximum Gasteiger partial charge on any atom is 0.149 e. The molecule has 1 aliphatic heterocycles. The highest BCUT2D eigenvalue weighted by Crippen LogP contribution is 2.29. The summed E-state index contributed by atoms with van der Waals surface area (Å²) in [4.78, 5) is 4.32. The van der Waals surface area contributed by atoms with Crippen LogP contribution in [0.2, 0.25) is 0 Å². The molecule has 0 radical (unpaired) electrons. The first-order valence-electron chi connectivity index (χ1n) is 12.7. The fourth-order valence-corrected chi connectivity index (χ4v) is 5.06. The SMILES string of the molecule is COC[C@H](C)NC1CCC(Nc2cc(-c3cccc(NCC4CCOCC4)c3)c(F)cn2)CC1. The predicted octanol–water partition coefficient (Wildman–Crippen LogP) is 5.07. The van der Waals surface area contributed by atoms with E-state index >= 15 is 0 Å². The van der Waals surface area contributed by atoms with Gasteiger partial charge in [-0.15, -0.1) is 0 Å². The van der Waals surface area contributed by atoms with E-state index in [1.807, 2.05) is 30.3 Å². The molecule has 0 spiro atoms. The van der Waals surface area contributed by atoms with Gasteiger partial charge in [-0.25, -0.2) is 9.37 Å². The Kier molecular flexibility index (Phi) is 9.13. The van der Waals surface area contributed by atoms with Crippen molar-refractivity contribution in [2.45, 2.75) is 63.6 Å². The molecular formula is C27H39FN4O2. The average Bonchev–Trinajstić information content (AvgIpc) is 2.86. The van der Waals surface area contributed by atoms with E-state index < -0.39 is 0 Å². The van der Waals surface area contributed by atoms with Gasteiger partial charge in [0, 0.05) is 56.2 Å². The van der Waals surface area contributed by atoms with Crippen LogP contribution in [0.4, 0.5) is 15.9 Å². The molecule has 34 heavy (non-hydrogen) atoms. The molecule has 2 heterocycles. The highest BCUT2D eigenvalue weighted by Gasteiger charge is 2.23. The summed E-state index contributed by atoms with van der Waals surface area (Å²) in [6, 6.07) is 11.1. The van der Waals surface area contributed by atoms with Gasteiger partial charge < -0.3 is 25.4 Å². The van der Waals surface area contributed by atoms with E-state index in [9.17, 15) is 4.39 Å². The lowest BCUT2D eigenvalue weighted by molar-refractivity contribution is 0.0699. The first-order chi connectivity index (χ1) is 16.6.